The third-order valence-electron chi connectivity index (χ3n) is 4.95. The smallest absolute Gasteiger partial charge is 0.178 e. The summed E-state index contributed by atoms with van der Waals surface area (Å²) in [6.07, 6.45) is 1.51. The van der Waals surface area contributed by atoms with E-state index in [0.717, 1.165) is 16.9 Å². The van der Waals surface area contributed by atoms with Gasteiger partial charge in [0.15, 0.2) is 27.2 Å². The molecule has 0 aliphatic carbocycles. The Morgan fingerprint density at radius 1 is 1.00 bits per heavy atom. The molecule has 2 heterocycles. The lowest BCUT2D eigenvalue weighted by molar-refractivity contribution is 0.180. The minimum absolute atomic E-state index is 0.0722. The molecule has 0 amide bonds. The van der Waals surface area contributed by atoms with Crippen LogP contribution in [0.25, 0.3) is 22.5 Å². The van der Waals surface area contributed by atoms with Gasteiger partial charge in [0.2, 0.25) is 0 Å². The van der Waals surface area contributed by atoms with Crippen LogP contribution in [0.15, 0.2) is 59.6 Å². The Labute approximate surface area is 177 Å². The molecule has 0 saturated heterocycles. The van der Waals surface area contributed by atoms with Gasteiger partial charge in [-0.1, -0.05) is 6.92 Å². The summed E-state index contributed by atoms with van der Waals surface area (Å²) >= 11 is 0. The van der Waals surface area contributed by atoms with Crippen molar-refractivity contribution in [2.24, 2.45) is 0 Å². The van der Waals surface area contributed by atoms with E-state index in [-0.39, 0.29) is 28.0 Å². The number of rotatable bonds is 5. The van der Waals surface area contributed by atoms with Crippen molar-refractivity contribution < 1.29 is 27.1 Å². The molecule has 0 bridgehead atoms. The molecule has 0 unspecified atom stereocenters. The van der Waals surface area contributed by atoms with Crippen LogP contribution in [0.5, 0.6) is 11.5 Å². The van der Waals surface area contributed by atoms with Crippen LogP contribution in [0.2, 0.25) is 0 Å². The van der Waals surface area contributed by atoms with Gasteiger partial charge in [-0.15, -0.1) is 0 Å². The lowest BCUT2D eigenvalue weighted by Crippen LogP contribution is -2.07. The van der Waals surface area contributed by atoms with Crippen LogP contribution in [0.1, 0.15) is 12.6 Å². The van der Waals surface area contributed by atoms with Gasteiger partial charge in [0.05, 0.1) is 16.3 Å². The van der Waals surface area contributed by atoms with Crippen LogP contribution in [0.4, 0.5) is 8.78 Å². The van der Waals surface area contributed by atoms with Crippen molar-refractivity contribution in [3.8, 4) is 34.0 Å². The van der Waals surface area contributed by atoms with Crippen molar-refractivity contribution in [2.45, 2.75) is 18.7 Å². The first kappa shape index (κ1) is 20.8. The summed E-state index contributed by atoms with van der Waals surface area (Å²) in [6.45, 7) is 3.19. The van der Waals surface area contributed by atoms with Crippen molar-refractivity contribution >= 4 is 9.84 Å². The number of fused-ring (bicyclic) bond motifs is 1. The third kappa shape index (κ3) is 3.72. The third-order valence-corrected chi connectivity index (χ3v) is 6.68. The zero-order valence-electron chi connectivity index (χ0n) is 16.6. The normalized spacial score (nSPS) is 11.7. The molecule has 0 spiro atoms. The number of ether oxygens (including phenoxy) is 1. The van der Waals surface area contributed by atoms with Gasteiger partial charge in [0.1, 0.15) is 11.6 Å². The summed E-state index contributed by atoms with van der Waals surface area (Å²) in [5.41, 5.74) is 1.90. The van der Waals surface area contributed by atoms with Crippen LogP contribution in [-0.4, -0.2) is 29.1 Å². The molecular formula is C22H18F2N2O4S. The Morgan fingerprint density at radius 3 is 2.45 bits per heavy atom. The minimum Gasteiger partial charge on any atom is -0.454 e. The standard InChI is InChI=1S/C22H18F2N2O4S/c1-3-31(28,29)15-5-7-20(30-21-6-4-14(23)11-19(21)24)18(12-15)17-10-13(2)26(27)22-16(17)8-9-25-22/h4-12,27H,3H2,1-2H3. The van der Waals surface area contributed by atoms with E-state index in [1.54, 1.807) is 19.1 Å². The largest absolute Gasteiger partial charge is 0.454 e. The number of aryl methyl sites for hydroxylation is 1. The predicted molar refractivity (Wildman–Crippen MR) is 110 cm³/mol. The van der Waals surface area contributed by atoms with E-state index >= 15 is 0 Å². The van der Waals surface area contributed by atoms with E-state index in [4.69, 9.17) is 4.74 Å². The second-order valence-corrected chi connectivity index (χ2v) is 9.21. The lowest BCUT2D eigenvalue weighted by Gasteiger charge is -2.18. The van der Waals surface area contributed by atoms with Crippen molar-refractivity contribution in [1.82, 2.24) is 9.71 Å². The zero-order valence-corrected chi connectivity index (χ0v) is 17.5. The van der Waals surface area contributed by atoms with Gasteiger partial charge in [-0.3, -0.25) is 0 Å². The van der Waals surface area contributed by atoms with E-state index < -0.39 is 21.5 Å². The first-order valence-electron chi connectivity index (χ1n) is 9.37. The van der Waals surface area contributed by atoms with Crippen LogP contribution < -0.4 is 4.74 Å². The molecule has 0 fully saturated rings. The Hall–Kier alpha value is -3.46. The predicted octanol–water partition coefficient (Wildman–Crippen LogP) is 5.06. The zero-order chi connectivity index (χ0) is 22.3. The second-order valence-electron chi connectivity index (χ2n) is 6.93. The van der Waals surface area contributed by atoms with E-state index in [2.05, 4.69) is 4.98 Å². The molecule has 2 aliphatic heterocycles. The lowest BCUT2D eigenvalue weighted by atomic mass is 9.98. The Bertz CT molecular complexity index is 1370. The number of benzene rings is 2. The molecule has 31 heavy (non-hydrogen) atoms. The number of nitrogens with zero attached hydrogens (tertiary/aromatic N) is 2. The minimum atomic E-state index is -3.54. The fourth-order valence-corrected chi connectivity index (χ4v) is 4.19. The number of sulfone groups is 1. The van der Waals surface area contributed by atoms with Gasteiger partial charge < -0.3 is 9.94 Å². The van der Waals surface area contributed by atoms with E-state index in [1.165, 1.54) is 31.3 Å². The quantitative estimate of drug-likeness (QED) is 0.435. The van der Waals surface area contributed by atoms with Gasteiger partial charge >= 0.3 is 0 Å². The molecule has 0 atom stereocenters. The van der Waals surface area contributed by atoms with Crippen LogP contribution in [0, 0.1) is 18.6 Å². The average molecular weight is 444 g/mol. The molecule has 1 N–H and O–H groups in total. The molecule has 0 aromatic heterocycles. The molecule has 2 aromatic rings. The SMILES string of the molecule is CCS(=O)(=O)c1ccc(Oc2ccc(F)cc2F)c(-c2cc(C)n(O)c3nccc2-3)c1. The Kier molecular flexibility index (Phi) is 5.14. The van der Waals surface area contributed by atoms with Gasteiger partial charge in [0, 0.05) is 23.4 Å². The number of hydrogen-bond acceptors (Lipinski definition) is 5. The summed E-state index contributed by atoms with van der Waals surface area (Å²) < 4.78 is 59.1. The van der Waals surface area contributed by atoms with Crippen LogP contribution in [-0.2, 0) is 9.84 Å². The molecule has 4 rings (SSSR count). The summed E-state index contributed by atoms with van der Waals surface area (Å²) in [7, 11) is -3.54. The number of hydrogen-bond donors (Lipinski definition) is 1. The molecular weight excluding hydrogens is 426 g/mol. The fraction of sp³-hybridized carbons (Fsp3) is 0.136. The van der Waals surface area contributed by atoms with Crippen molar-refractivity contribution in [1.29, 1.82) is 0 Å². The van der Waals surface area contributed by atoms with Gasteiger partial charge in [0.25, 0.3) is 0 Å². The molecule has 6 nitrogen and oxygen atoms in total. The highest BCUT2D eigenvalue weighted by molar-refractivity contribution is 7.91. The van der Waals surface area contributed by atoms with E-state index in [0.29, 0.717) is 28.5 Å². The summed E-state index contributed by atoms with van der Waals surface area (Å²) in [6, 6.07) is 10.5. The molecule has 0 radical (unpaired) electrons. The highest BCUT2D eigenvalue weighted by Crippen LogP contribution is 2.41. The maximum atomic E-state index is 14.2. The van der Waals surface area contributed by atoms with E-state index in [9.17, 15) is 22.4 Å². The molecule has 0 saturated carbocycles. The Morgan fingerprint density at radius 2 is 1.74 bits per heavy atom. The van der Waals surface area contributed by atoms with Gasteiger partial charge in [-0.2, -0.15) is 4.73 Å². The van der Waals surface area contributed by atoms with Gasteiger partial charge in [-0.05, 0) is 55.0 Å². The van der Waals surface area contributed by atoms with Crippen molar-refractivity contribution in [3.05, 3.63) is 72.1 Å². The molecule has 2 aromatic carbocycles. The highest BCUT2D eigenvalue weighted by Gasteiger charge is 2.23. The first-order valence-corrected chi connectivity index (χ1v) is 11.0. The van der Waals surface area contributed by atoms with Crippen LogP contribution in [0.3, 0.4) is 0 Å². The summed E-state index contributed by atoms with van der Waals surface area (Å²) in [5, 5.41) is 10.2. The maximum Gasteiger partial charge on any atom is 0.178 e. The molecule has 2 aliphatic rings. The Balaban J connectivity index is 1.96. The molecule has 9 heteroatoms. The second kappa shape index (κ2) is 7.66. The monoisotopic (exact) mass is 444 g/mol. The van der Waals surface area contributed by atoms with Crippen LogP contribution >= 0.6 is 0 Å². The average Bonchev–Trinajstić information content (AvgIpc) is 3.23. The van der Waals surface area contributed by atoms with Crippen molar-refractivity contribution in [3.63, 3.8) is 0 Å². The van der Waals surface area contributed by atoms with E-state index in [1.807, 2.05) is 0 Å². The maximum absolute atomic E-state index is 14.2. The van der Waals surface area contributed by atoms with Gasteiger partial charge in [-0.25, -0.2) is 22.2 Å². The first-order chi connectivity index (χ1) is 14.7. The number of halogens is 2. The highest BCUT2D eigenvalue weighted by atomic mass is 32.2. The number of pyridine rings is 1. The van der Waals surface area contributed by atoms with Crippen molar-refractivity contribution in [2.75, 3.05) is 5.75 Å². The molecule has 160 valence electrons. The fourth-order valence-electron chi connectivity index (χ4n) is 3.29. The number of aromatic nitrogens is 2. The summed E-state index contributed by atoms with van der Waals surface area (Å²) in [5.74, 6) is -1.51. The summed E-state index contributed by atoms with van der Waals surface area (Å²) in [4.78, 5) is 4.21. The topological polar surface area (TPSA) is 81.4 Å².